The molecule has 2 nitrogen and oxygen atoms in total. The normalized spacial score (nSPS) is 10.2. The Labute approximate surface area is 88.5 Å². The van der Waals surface area contributed by atoms with Gasteiger partial charge in [0.1, 0.15) is 5.82 Å². The maximum Gasteiger partial charge on any atom is 0.147 e. The second kappa shape index (κ2) is 4.16. The Kier molecular flexibility index (Phi) is 3.40. The van der Waals surface area contributed by atoms with Crippen LogP contribution in [0.2, 0.25) is 5.02 Å². The third-order valence-electron chi connectivity index (χ3n) is 1.82. The Bertz CT molecular complexity index is 311. The predicted octanol–water partition coefficient (Wildman–Crippen LogP) is 2.85. The zero-order valence-electron chi connectivity index (χ0n) is 7.93. The lowest BCUT2D eigenvalue weighted by molar-refractivity contribution is 1.03. The summed E-state index contributed by atoms with van der Waals surface area (Å²) >= 11 is 11.7. The topological polar surface area (TPSA) is 16.1 Å². The van der Waals surface area contributed by atoms with Gasteiger partial charge in [0.15, 0.2) is 0 Å². The molecule has 0 spiro atoms. The van der Waals surface area contributed by atoms with Gasteiger partial charge in [0.05, 0.1) is 5.02 Å². The van der Waals surface area contributed by atoms with Crippen LogP contribution in [-0.2, 0) is 5.88 Å². The highest BCUT2D eigenvalue weighted by molar-refractivity contribution is 6.33. The van der Waals surface area contributed by atoms with Gasteiger partial charge >= 0.3 is 0 Å². The van der Waals surface area contributed by atoms with Crippen molar-refractivity contribution in [2.24, 2.45) is 0 Å². The Balaban J connectivity index is 3.20. The van der Waals surface area contributed by atoms with Crippen molar-refractivity contribution in [1.29, 1.82) is 0 Å². The second-order valence-corrected chi connectivity index (χ2v) is 3.74. The molecular formula is C9H12Cl2N2. The van der Waals surface area contributed by atoms with E-state index in [1.165, 1.54) is 0 Å². The highest BCUT2D eigenvalue weighted by Gasteiger charge is 2.08. The summed E-state index contributed by atoms with van der Waals surface area (Å²) in [4.78, 5) is 6.23. The monoisotopic (exact) mass is 218 g/mol. The van der Waals surface area contributed by atoms with Gasteiger partial charge in [-0.05, 0) is 18.6 Å². The molecule has 0 amide bonds. The van der Waals surface area contributed by atoms with Crippen LogP contribution in [0, 0.1) is 6.92 Å². The van der Waals surface area contributed by atoms with Crippen LogP contribution < -0.4 is 4.90 Å². The van der Waals surface area contributed by atoms with Crippen LogP contribution in [0.1, 0.15) is 11.3 Å². The number of hydrogen-bond acceptors (Lipinski definition) is 2. The SMILES string of the molecule is Cc1nc(N(C)C)c(Cl)cc1CCl. The fourth-order valence-corrected chi connectivity index (χ4v) is 1.67. The molecule has 0 radical (unpaired) electrons. The molecule has 4 heteroatoms. The van der Waals surface area contributed by atoms with Gasteiger partial charge in [-0.15, -0.1) is 11.6 Å². The maximum absolute atomic E-state index is 6.01. The minimum atomic E-state index is 0.451. The van der Waals surface area contributed by atoms with E-state index >= 15 is 0 Å². The Morgan fingerprint density at radius 1 is 1.46 bits per heavy atom. The van der Waals surface area contributed by atoms with Gasteiger partial charge in [-0.3, -0.25) is 0 Å². The molecule has 0 saturated heterocycles. The quantitative estimate of drug-likeness (QED) is 0.711. The molecule has 0 aromatic carbocycles. The maximum atomic E-state index is 6.01. The number of hydrogen-bond donors (Lipinski definition) is 0. The number of halogens is 2. The first-order valence-corrected chi connectivity index (χ1v) is 4.86. The molecule has 0 atom stereocenters. The summed E-state index contributed by atoms with van der Waals surface area (Å²) < 4.78 is 0. The minimum absolute atomic E-state index is 0.451. The highest BCUT2D eigenvalue weighted by Crippen LogP contribution is 2.25. The number of aryl methyl sites for hydroxylation is 1. The van der Waals surface area contributed by atoms with E-state index in [0.29, 0.717) is 10.9 Å². The molecule has 0 aliphatic heterocycles. The summed E-state index contributed by atoms with van der Waals surface area (Å²) in [6, 6.07) is 1.87. The van der Waals surface area contributed by atoms with Gasteiger partial charge in [0.25, 0.3) is 0 Å². The summed E-state index contributed by atoms with van der Waals surface area (Å²) in [5.74, 6) is 1.24. The van der Waals surface area contributed by atoms with E-state index in [1.807, 2.05) is 32.0 Å². The van der Waals surface area contributed by atoms with Gasteiger partial charge in [-0.25, -0.2) is 4.98 Å². The lowest BCUT2D eigenvalue weighted by Crippen LogP contribution is -2.12. The van der Waals surface area contributed by atoms with Gasteiger partial charge in [-0.2, -0.15) is 0 Å². The lowest BCUT2D eigenvalue weighted by atomic mass is 10.2. The van der Waals surface area contributed by atoms with E-state index in [-0.39, 0.29) is 0 Å². The van der Waals surface area contributed by atoms with Crippen LogP contribution in [0.15, 0.2) is 6.07 Å². The first-order chi connectivity index (χ1) is 6.06. The number of anilines is 1. The van der Waals surface area contributed by atoms with Crippen LogP contribution in [-0.4, -0.2) is 19.1 Å². The summed E-state index contributed by atoms with van der Waals surface area (Å²) in [6.07, 6.45) is 0. The van der Waals surface area contributed by atoms with E-state index in [1.54, 1.807) is 0 Å². The van der Waals surface area contributed by atoms with Crippen molar-refractivity contribution in [3.63, 3.8) is 0 Å². The van der Waals surface area contributed by atoms with Crippen molar-refractivity contribution in [2.75, 3.05) is 19.0 Å². The summed E-state index contributed by atoms with van der Waals surface area (Å²) in [5, 5.41) is 0.645. The number of pyridine rings is 1. The first kappa shape index (κ1) is 10.6. The van der Waals surface area contributed by atoms with E-state index < -0.39 is 0 Å². The molecule has 1 heterocycles. The van der Waals surface area contributed by atoms with E-state index in [4.69, 9.17) is 23.2 Å². The van der Waals surface area contributed by atoms with Crippen molar-refractivity contribution >= 4 is 29.0 Å². The van der Waals surface area contributed by atoms with E-state index in [0.717, 1.165) is 17.1 Å². The van der Waals surface area contributed by atoms with E-state index in [9.17, 15) is 0 Å². The molecule has 0 aliphatic carbocycles. The van der Waals surface area contributed by atoms with Gasteiger partial charge in [-0.1, -0.05) is 11.6 Å². The molecular weight excluding hydrogens is 207 g/mol. The fraction of sp³-hybridized carbons (Fsp3) is 0.444. The van der Waals surface area contributed by atoms with E-state index in [2.05, 4.69) is 4.98 Å². The molecule has 0 saturated carbocycles. The summed E-state index contributed by atoms with van der Waals surface area (Å²) in [7, 11) is 3.82. The Hall–Kier alpha value is -0.470. The number of nitrogens with zero attached hydrogens (tertiary/aromatic N) is 2. The number of alkyl halides is 1. The molecule has 0 aliphatic rings. The molecule has 72 valence electrons. The van der Waals surface area contributed by atoms with Crippen molar-refractivity contribution in [3.8, 4) is 0 Å². The summed E-state index contributed by atoms with van der Waals surface area (Å²) in [6.45, 7) is 1.93. The zero-order valence-corrected chi connectivity index (χ0v) is 9.45. The van der Waals surface area contributed by atoms with Gasteiger partial charge in [0.2, 0.25) is 0 Å². The molecule has 0 bridgehead atoms. The largest absolute Gasteiger partial charge is 0.362 e. The fourth-order valence-electron chi connectivity index (χ4n) is 1.05. The smallest absolute Gasteiger partial charge is 0.147 e. The van der Waals surface area contributed by atoms with Crippen molar-refractivity contribution in [3.05, 3.63) is 22.3 Å². The summed E-state index contributed by atoms with van der Waals surface area (Å²) in [5.41, 5.74) is 1.92. The highest BCUT2D eigenvalue weighted by atomic mass is 35.5. The van der Waals surface area contributed by atoms with Crippen molar-refractivity contribution < 1.29 is 0 Å². The van der Waals surface area contributed by atoms with Gasteiger partial charge < -0.3 is 4.90 Å². The molecule has 0 fully saturated rings. The third-order valence-corrected chi connectivity index (χ3v) is 2.39. The van der Waals surface area contributed by atoms with Gasteiger partial charge in [0, 0.05) is 25.7 Å². The number of rotatable bonds is 2. The molecule has 0 unspecified atom stereocenters. The second-order valence-electron chi connectivity index (χ2n) is 3.07. The average Bonchev–Trinajstić information content (AvgIpc) is 2.07. The van der Waals surface area contributed by atoms with Crippen LogP contribution in [0.4, 0.5) is 5.82 Å². The molecule has 1 rings (SSSR count). The Morgan fingerprint density at radius 3 is 2.54 bits per heavy atom. The van der Waals surface area contributed by atoms with Crippen LogP contribution in [0.3, 0.4) is 0 Å². The van der Waals surface area contributed by atoms with Crippen LogP contribution in [0.5, 0.6) is 0 Å². The first-order valence-electron chi connectivity index (χ1n) is 3.95. The van der Waals surface area contributed by atoms with Crippen molar-refractivity contribution in [2.45, 2.75) is 12.8 Å². The van der Waals surface area contributed by atoms with Crippen LogP contribution >= 0.6 is 23.2 Å². The molecule has 13 heavy (non-hydrogen) atoms. The molecule has 1 aromatic rings. The molecule has 1 aromatic heterocycles. The third kappa shape index (κ3) is 2.26. The van der Waals surface area contributed by atoms with Crippen LogP contribution in [0.25, 0.3) is 0 Å². The van der Waals surface area contributed by atoms with Crippen molar-refractivity contribution in [1.82, 2.24) is 4.98 Å². The lowest BCUT2D eigenvalue weighted by Gasteiger charge is -2.15. The zero-order chi connectivity index (χ0) is 10.0. The predicted molar refractivity (Wildman–Crippen MR) is 57.9 cm³/mol. The molecule has 0 N–H and O–H groups in total. The number of aromatic nitrogens is 1. The Morgan fingerprint density at radius 2 is 2.08 bits per heavy atom. The minimum Gasteiger partial charge on any atom is -0.362 e. The average molecular weight is 219 g/mol. The standard InChI is InChI=1S/C9H12Cl2N2/c1-6-7(5-10)4-8(11)9(12-6)13(2)3/h4H,5H2,1-3H3.